The predicted molar refractivity (Wildman–Crippen MR) is 178 cm³/mol. The summed E-state index contributed by atoms with van der Waals surface area (Å²) in [5.74, 6) is 0.753. The Morgan fingerprint density at radius 1 is 0.818 bits per heavy atom. The topological polar surface area (TPSA) is 71.1 Å². The van der Waals surface area contributed by atoms with Gasteiger partial charge >= 0.3 is 12.1 Å². The van der Waals surface area contributed by atoms with Crippen LogP contribution in [-0.2, 0) is 17.8 Å². The molecule has 0 aromatic heterocycles. The highest BCUT2D eigenvalue weighted by molar-refractivity contribution is 5.89. The molecule has 1 aliphatic carbocycles. The van der Waals surface area contributed by atoms with Crippen molar-refractivity contribution in [2.45, 2.75) is 97.4 Å². The summed E-state index contributed by atoms with van der Waals surface area (Å²) >= 11 is 0. The molecule has 1 N–H and O–H groups in total. The molecule has 7 nitrogen and oxygen atoms in total. The number of hydrogen-bond acceptors (Lipinski definition) is 4. The zero-order chi connectivity index (χ0) is 31.5. The Kier molecular flexibility index (Phi) is 11.7. The molecule has 236 valence electrons. The minimum Gasteiger partial charge on any atom is -0.497 e. The highest BCUT2D eigenvalue weighted by atomic mass is 16.6. The van der Waals surface area contributed by atoms with Crippen LogP contribution in [0, 0.1) is 0 Å². The summed E-state index contributed by atoms with van der Waals surface area (Å²) in [6.45, 7) is 9.65. The molecule has 1 aliphatic rings. The van der Waals surface area contributed by atoms with E-state index in [9.17, 15) is 9.59 Å². The Morgan fingerprint density at radius 3 is 1.91 bits per heavy atom. The first-order valence-corrected chi connectivity index (χ1v) is 16.0. The van der Waals surface area contributed by atoms with Gasteiger partial charge in [-0.05, 0) is 86.6 Å². The number of nitrogens with one attached hydrogen (secondary N) is 1. The fraction of sp³-hybridized carbons (Fsp3) is 0.459. The summed E-state index contributed by atoms with van der Waals surface area (Å²) < 4.78 is 11.0. The number of carbonyl (C=O) groups excluding carboxylic acids is 2. The first-order chi connectivity index (χ1) is 21.1. The van der Waals surface area contributed by atoms with Crippen LogP contribution >= 0.6 is 0 Å². The van der Waals surface area contributed by atoms with Gasteiger partial charge in [-0.15, -0.1) is 0 Å². The number of benzene rings is 3. The van der Waals surface area contributed by atoms with E-state index in [2.05, 4.69) is 60.8 Å². The predicted octanol–water partition coefficient (Wildman–Crippen LogP) is 9.27. The molecule has 0 atom stereocenters. The number of nitrogens with zero attached hydrogens (tertiary/aromatic N) is 2. The van der Waals surface area contributed by atoms with Crippen LogP contribution in [0.2, 0.25) is 0 Å². The summed E-state index contributed by atoms with van der Waals surface area (Å²) in [5, 5.41) is 3.02. The van der Waals surface area contributed by atoms with E-state index >= 15 is 0 Å². The zero-order valence-electron chi connectivity index (χ0n) is 27.1. The zero-order valence-corrected chi connectivity index (χ0v) is 27.1. The normalized spacial score (nSPS) is 13.7. The molecule has 4 rings (SSSR count). The van der Waals surface area contributed by atoms with Crippen molar-refractivity contribution in [3.05, 3.63) is 83.9 Å². The lowest BCUT2D eigenvalue weighted by atomic mass is 9.94. The van der Waals surface area contributed by atoms with Crippen molar-refractivity contribution in [1.29, 1.82) is 0 Å². The fourth-order valence-electron chi connectivity index (χ4n) is 5.56. The van der Waals surface area contributed by atoms with Crippen molar-refractivity contribution >= 4 is 17.8 Å². The van der Waals surface area contributed by atoms with Crippen LogP contribution in [0.4, 0.5) is 15.3 Å². The highest BCUT2D eigenvalue weighted by Crippen LogP contribution is 2.27. The molecule has 0 spiro atoms. The first kappa shape index (κ1) is 32.9. The van der Waals surface area contributed by atoms with E-state index in [1.807, 2.05) is 54.8 Å². The van der Waals surface area contributed by atoms with Gasteiger partial charge in [-0.2, -0.15) is 0 Å². The second-order valence-electron chi connectivity index (χ2n) is 12.7. The van der Waals surface area contributed by atoms with E-state index in [0.717, 1.165) is 72.2 Å². The molecule has 1 saturated carbocycles. The first-order valence-electron chi connectivity index (χ1n) is 16.0. The van der Waals surface area contributed by atoms with Gasteiger partial charge in [0.2, 0.25) is 0 Å². The van der Waals surface area contributed by atoms with Crippen molar-refractivity contribution in [2.75, 3.05) is 19.0 Å². The number of hydrogen-bond donors (Lipinski definition) is 1. The van der Waals surface area contributed by atoms with Crippen LogP contribution in [-0.4, -0.2) is 47.2 Å². The van der Waals surface area contributed by atoms with E-state index in [1.54, 1.807) is 7.11 Å². The Hall–Kier alpha value is -4.00. The van der Waals surface area contributed by atoms with E-state index in [1.165, 1.54) is 6.42 Å². The summed E-state index contributed by atoms with van der Waals surface area (Å²) in [6.07, 6.45) is 7.33. The molecule has 3 aromatic rings. The van der Waals surface area contributed by atoms with Crippen LogP contribution in [0.5, 0.6) is 5.75 Å². The van der Waals surface area contributed by atoms with Crippen LogP contribution in [0.1, 0.15) is 83.8 Å². The van der Waals surface area contributed by atoms with Crippen LogP contribution in [0.3, 0.4) is 0 Å². The van der Waals surface area contributed by atoms with Gasteiger partial charge in [0.05, 0.1) is 7.11 Å². The Labute approximate surface area is 263 Å². The molecular weight excluding hydrogens is 550 g/mol. The van der Waals surface area contributed by atoms with Crippen LogP contribution < -0.4 is 10.1 Å². The van der Waals surface area contributed by atoms with E-state index in [-0.39, 0.29) is 18.2 Å². The largest absolute Gasteiger partial charge is 0.497 e. The van der Waals surface area contributed by atoms with Gasteiger partial charge in [0.15, 0.2) is 0 Å². The van der Waals surface area contributed by atoms with Crippen molar-refractivity contribution in [3.63, 3.8) is 0 Å². The molecule has 0 saturated heterocycles. The van der Waals surface area contributed by atoms with Crippen LogP contribution in [0.25, 0.3) is 11.1 Å². The maximum absolute atomic E-state index is 13.1. The maximum Gasteiger partial charge on any atom is 0.410 e. The number of amides is 3. The molecule has 0 aliphatic heterocycles. The summed E-state index contributed by atoms with van der Waals surface area (Å²) in [7, 11) is 1.63. The van der Waals surface area contributed by atoms with Crippen molar-refractivity contribution in [2.24, 2.45) is 0 Å². The molecule has 0 bridgehead atoms. The van der Waals surface area contributed by atoms with Gasteiger partial charge in [-0.3, -0.25) is 0 Å². The van der Waals surface area contributed by atoms with Crippen molar-refractivity contribution < 1.29 is 19.1 Å². The maximum atomic E-state index is 13.1. The summed E-state index contributed by atoms with van der Waals surface area (Å²) in [6, 6.07) is 24.3. The van der Waals surface area contributed by atoms with Crippen LogP contribution in [0.15, 0.2) is 72.8 Å². The second-order valence-corrected chi connectivity index (χ2v) is 12.7. The monoisotopic (exact) mass is 599 g/mol. The molecule has 0 heterocycles. The lowest BCUT2D eigenvalue weighted by Crippen LogP contribution is -2.43. The minimum absolute atomic E-state index is 0.114. The third-order valence-corrected chi connectivity index (χ3v) is 8.02. The fourth-order valence-corrected chi connectivity index (χ4v) is 5.56. The Balaban J connectivity index is 1.40. The number of anilines is 1. The number of urea groups is 1. The summed E-state index contributed by atoms with van der Waals surface area (Å²) in [5.41, 5.74) is 4.61. The Morgan fingerprint density at radius 2 is 1.39 bits per heavy atom. The number of methoxy groups -OCH3 is 1. The smallest absolute Gasteiger partial charge is 0.410 e. The highest BCUT2D eigenvalue weighted by Gasteiger charge is 2.29. The van der Waals surface area contributed by atoms with Gasteiger partial charge < -0.3 is 24.6 Å². The van der Waals surface area contributed by atoms with E-state index < -0.39 is 5.60 Å². The third-order valence-electron chi connectivity index (χ3n) is 8.02. The second kappa shape index (κ2) is 15.6. The SMILES string of the molecule is CCCCN(Cc1ccc(-c2ccc(CN(C(=O)OC(C)(C)C)C3CCCCC3)cc2)cc1)C(=O)Nc1ccc(OC)cc1. The summed E-state index contributed by atoms with van der Waals surface area (Å²) in [4.78, 5) is 30.1. The number of carbonyl (C=O) groups is 2. The molecule has 0 unspecified atom stereocenters. The molecule has 3 aromatic carbocycles. The molecule has 44 heavy (non-hydrogen) atoms. The molecule has 0 radical (unpaired) electrons. The number of unbranched alkanes of at least 4 members (excludes halogenated alkanes) is 1. The van der Waals surface area contributed by atoms with Gasteiger partial charge in [0.25, 0.3) is 0 Å². The standard InChI is InChI=1S/C37H49N3O4/c1-6-7-25-39(35(41)38-32-21-23-34(43-5)24-22-32)26-28-13-17-30(18-14-28)31-19-15-29(16-20-31)27-40(33-11-9-8-10-12-33)36(42)44-37(2,3)4/h13-24,33H,6-12,25-27H2,1-5H3,(H,38,41). The molecule has 3 amide bonds. The van der Waals surface area contributed by atoms with Gasteiger partial charge in [-0.25, -0.2) is 9.59 Å². The van der Waals surface area contributed by atoms with Crippen molar-refractivity contribution in [3.8, 4) is 16.9 Å². The number of rotatable bonds is 11. The van der Waals surface area contributed by atoms with Gasteiger partial charge in [-0.1, -0.05) is 81.1 Å². The quantitative estimate of drug-likeness (QED) is 0.238. The van der Waals surface area contributed by atoms with Gasteiger partial charge in [0.1, 0.15) is 11.4 Å². The molecular formula is C37H49N3O4. The van der Waals surface area contributed by atoms with E-state index in [0.29, 0.717) is 19.6 Å². The molecule has 7 heteroatoms. The molecule has 1 fully saturated rings. The van der Waals surface area contributed by atoms with Crippen molar-refractivity contribution in [1.82, 2.24) is 9.80 Å². The van der Waals surface area contributed by atoms with Gasteiger partial charge in [0, 0.05) is 31.4 Å². The average Bonchev–Trinajstić information content (AvgIpc) is 3.02. The minimum atomic E-state index is -0.520. The van der Waals surface area contributed by atoms with E-state index in [4.69, 9.17) is 9.47 Å². The third kappa shape index (κ3) is 9.76. The number of ether oxygens (including phenoxy) is 2. The average molecular weight is 600 g/mol. The lowest BCUT2D eigenvalue weighted by Gasteiger charge is -2.35. The Bertz CT molecular complexity index is 1330. The lowest BCUT2D eigenvalue weighted by molar-refractivity contribution is 0.00988.